The van der Waals surface area contributed by atoms with E-state index in [0.717, 1.165) is 0 Å². The molecule has 0 fully saturated rings. The highest BCUT2D eigenvalue weighted by atomic mass is 32.1. The van der Waals surface area contributed by atoms with Crippen LogP contribution in [0.15, 0.2) is 176 Å². The molecule has 0 bridgehead atoms. The Morgan fingerprint density at radius 3 is 1.98 bits per heavy atom. The van der Waals surface area contributed by atoms with Gasteiger partial charge in [0.2, 0.25) is 0 Å². The molecule has 8 aromatic carbocycles. The van der Waals surface area contributed by atoms with Crippen molar-refractivity contribution < 1.29 is 0 Å². The fourth-order valence-corrected chi connectivity index (χ4v) is 9.66. The summed E-state index contributed by atoms with van der Waals surface area (Å²) in [5.41, 5.74) is 13.7. The minimum Gasteiger partial charge on any atom is -0.376 e. The first-order chi connectivity index (χ1) is 24.8. The van der Waals surface area contributed by atoms with Gasteiger partial charge in [0.05, 0.1) is 5.69 Å². The Morgan fingerprint density at radius 1 is 0.400 bits per heavy atom. The van der Waals surface area contributed by atoms with Crippen molar-refractivity contribution in [2.45, 2.75) is 0 Å². The number of nitrogens with zero attached hydrogens (tertiary/aromatic N) is 2. The highest BCUT2D eigenvalue weighted by Crippen LogP contribution is 2.50. The first-order valence-electron chi connectivity index (χ1n) is 17.2. The summed E-state index contributed by atoms with van der Waals surface area (Å²) in [6.45, 7) is -0.0137. The maximum Gasteiger partial charge on any atom is 0.333 e. The van der Waals surface area contributed by atoms with E-state index in [4.69, 9.17) is 0 Å². The van der Waals surface area contributed by atoms with Crippen LogP contribution >= 0.6 is 11.3 Å². The monoisotopic (exact) mass is 652 g/mol. The molecule has 2 aliphatic rings. The van der Waals surface area contributed by atoms with Crippen LogP contribution in [0.1, 0.15) is 0 Å². The molecule has 0 amide bonds. The average Bonchev–Trinajstić information content (AvgIpc) is 3.55. The molecule has 0 saturated carbocycles. The van der Waals surface area contributed by atoms with Crippen LogP contribution in [0, 0.1) is 0 Å². The van der Waals surface area contributed by atoms with Crippen LogP contribution < -0.4 is 20.6 Å². The lowest BCUT2D eigenvalue weighted by atomic mass is 9.43. The maximum absolute atomic E-state index is 2.60. The van der Waals surface area contributed by atoms with Gasteiger partial charge in [-0.3, -0.25) is 0 Å². The Hall–Kier alpha value is -6.10. The quantitative estimate of drug-likeness (QED) is 0.175. The lowest BCUT2D eigenvalue weighted by Gasteiger charge is -2.46. The number of thiophene rings is 1. The number of benzene rings is 8. The molecule has 0 atom stereocenters. The summed E-state index contributed by atoms with van der Waals surface area (Å²) in [6, 6.07) is 65.0. The molecule has 0 radical (unpaired) electrons. The van der Waals surface area contributed by atoms with Gasteiger partial charge in [0.25, 0.3) is 0 Å². The Balaban J connectivity index is 1.25. The van der Waals surface area contributed by atoms with E-state index in [1.54, 1.807) is 0 Å². The van der Waals surface area contributed by atoms with Gasteiger partial charge in [-0.2, -0.15) is 0 Å². The van der Waals surface area contributed by atoms with Crippen molar-refractivity contribution in [3.05, 3.63) is 176 Å². The second kappa shape index (κ2) is 10.7. The molecule has 0 aliphatic carbocycles. The van der Waals surface area contributed by atoms with Crippen LogP contribution in [-0.4, -0.2) is 6.85 Å². The van der Waals surface area contributed by atoms with Gasteiger partial charge in [0.1, 0.15) is 0 Å². The molecule has 3 heterocycles. The molecule has 0 spiro atoms. The number of para-hydroxylation sites is 2. The molecule has 232 valence electrons. The number of fused-ring (bicyclic) bond motifs is 8. The Morgan fingerprint density at radius 2 is 1.06 bits per heavy atom. The summed E-state index contributed by atoms with van der Waals surface area (Å²) in [4.78, 5) is 5.15. The third-order valence-electron chi connectivity index (χ3n) is 10.6. The summed E-state index contributed by atoms with van der Waals surface area (Å²) in [5, 5.41) is 5.11. The minimum absolute atomic E-state index is 0.0137. The molecule has 11 rings (SSSR count). The van der Waals surface area contributed by atoms with Crippen molar-refractivity contribution in [2.75, 3.05) is 9.71 Å². The third kappa shape index (κ3) is 3.91. The van der Waals surface area contributed by atoms with Crippen molar-refractivity contribution in [2.24, 2.45) is 0 Å². The van der Waals surface area contributed by atoms with Gasteiger partial charge in [0.15, 0.2) is 0 Å². The van der Waals surface area contributed by atoms with E-state index in [0.29, 0.717) is 0 Å². The molecule has 0 saturated heterocycles. The number of hydrogen-bond donors (Lipinski definition) is 0. The summed E-state index contributed by atoms with van der Waals surface area (Å²) in [5.74, 6) is 0. The lowest BCUT2D eigenvalue weighted by molar-refractivity contribution is 1.28. The van der Waals surface area contributed by atoms with Crippen LogP contribution in [-0.2, 0) is 0 Å². The molecular formula is C46H29BN2S. The number of anilines is 5. The molecule has 4 heteroatoms. The van der Waals surface area contributed by atoms with E-state index in [1.165, 1.54) is 92.6 Å². The molecule has 9 aromatic rings. The Kier molecular flexibility index (Phi) is 5.95. The summed E-state index contributed by atoms with van der Waals surface area (Å²) >= 11 is 1.88. The third-order valence-corrected chi connectivity index (χ3v) is 11.8. The van der Waals surface area contributed by atoms with E-state index in [1.807, 2.05) is 11.3 Å². The van der Waals surface area contributed by atoms with Crippen molar-refractivity contribution in [1.29, 1.82) is 0 Å². The summed E-state index contributed by atoms with van der Waals surface area (Å²) < 4.78 is 2.63. The smallest absolute Gasteiger partial charge is 0.333 e. The van der Waals surface area contributed by atoms with Gasteiger partial charge < -0.3 is 9.71 Å². The first-order valence-corrected chi connectivity index (χ1v) is 18.0. The van der Waals surface area contributed by atoms with Crippen LogP contribution in [0.4, 0.5) is 28.4 Å². The summed E-state index contributed by atoms with van der Waals surface area (Å²) in [7, 11) is 0. The van der Waals surface area contributed by atoms with Crippen LogP contribution in [0.5, 0.6) is 0 Å². The predicted octanol–water partition coefficient (Wildman–Crippen LogP) is 11.6. The zero-order valence-corrected chi connectivity index (χ0v) is 27.9. The second-order valence-electron chi connectivity index (χ2n) is 13.3. The normalized spacial score (nSPS) is 13.1. The molecule has 0 unspecified atom stereocenters. The van der Waals surface area contributed by atoms with Crippen LogP contribution in [0.25, 0.3) is 53.2 Å². The van der Waals surface area contributed by atoms with E-state index >= 15 is 0 Å². The van der Waals surface area contributed by atoms with Crippen LogP contribution in [0.3, 0.4) is 0 Å². The average molecular weight is 653 g/mol. The zero-order chi connectivity index (χ0) is 32.8. The zero-order valence-electron chi connectivity index (χ0n) is 27.1. The van der Waals surface area contributed by atoms with Gasteiger partial charge >= 0.3 is 6.85 Å². The molecule has 1 aromatic heterocycles. The number of hydrogen-bond acceptors (Lipinski definition) is 3. The number of rotatable bonds is 3. The fourth-order valence-electron chi connectivity index (χ4n) is 8.54. The molecular weight excluding hydrogens is 623 g/mol. The van der Waals surface area contributed by atoms with E-state index in [-0.39, 0.29) is 6.85 Å². The minimum atomic E-state index is -0.0137. The van der Waals surface area contributed by atoms with Gasteiger partial charge in [-0.15, -0.1) is 11.3 Å². The second-order valence-corrected chi connectivity index (χ2v) is 14.3. The topological polar surface area (TPSA) is 6.48 Å². The fraction of sp³-hybridized carbons (Fsp3) is 0. The molecule has 2 nitrogen and oxygen atoms in total. The van der Waals surface area contributed by atoms with E-state index in [9.17, 15) is 0 Å². The molecule has 0 N–H and O–H groups in total. The lowest BCUT2D eigenvalue weighted by Crippen LogP contribution is -2.61. The summed E-state index contributed by atoms with van der Waals surface area (Å²) in [6.07, 6.45) is 0. The van der Waals surface area contributed by atoms with Gasteiger partial charge in [-0.1, -0.05) is 133 Å². The van der Waals surface area contributed by atoms with Gasteiger partial charge in [-0.25, -0.2) is 0 Å². The highest BCUT2D eigenvalue weighted by Gasteiger charge is 2.45. The SMILES string of the molecule is c1ccc(-c2cc3sc4ccccc4c3cc2N2c3ccccc3B3c4c(cccc42)-c2ccccc2N3c2cccc3ccccc23)cc1. The first kappa shape index (κ1) is 27.8. The predicted molar refractivity (Wildman–Crippen MR) is 216 cm³/mol. The van der Waals surface area contributed by atoms with Gasteiger partial charge in [0, 0.05) is 59.4 Å². The maximum atomic E-state index is 2.60. The van der Waals surface area contributed by atoms with Gasteiger partial charge in [-0.05, 0) is 69.9 Å². The Labute approximate surface area is 295 Å². The highest BCUT2D eigenvalue weighted by molar-refractivity contribution is 7.25. The standard InChI is InChI=1S/C46H29BN2S/c1-2-14-31(15-3-1)36-29-45-37(34-20-7-11-27-44(34)50-45)28-43(36)48-41-24-10-8-22-38(41)47-46-35(21-13-26-42(46)48)33-19-6-9-23-40(33)49(47)39-25-12-17-30-16-4-5-18-32(30)39/h1-29H. The van der Waals surface area contributed by atoms with Crippen molar-refractivity contribution in [3.63, 3.8) is 0 Å². The van der Waals surface area contributed by atoms with Crippen molar-refractivity contribution in [1.82, 2.24) is 0 Å². The van der Waals surface area contributed by atoms with E-state index < -0.39 is 0 Å². The Bertz CT molecular complexity index is 2800. The van der Waals surface area contributed by atoms with Crippen molar-refractivity contribution >= 4 is 88.5 Å². The molecule has 2 aliphatic heterocycles. The largest absolute Gasteiger partial charge is 0.376 e. The van der Waals surface area contributed by atoms with Crippen molar-refractivity contribution in [3.8, 4) is 22.3 Å². The molecule has 50 heavy (non-hydrogen) atoms. The van der Waals surface area contributed by atoms with Crippen LogP contribution in [0.2, 0.25) is 0 Å². The van der Waals surface area contributed by atoms with E-state index in [2.05, 4.69) is 186 Å².